The fourth-order valence-electron chi connectivity index (χ4n) is 3.49. The highest BCUT2D eigenvalue weighted by molar-refractivity contribution is 5.86. The molecule has 156 valence electrons. The Morgan fingerprint density at radius 1 is 1.24 bits per heavy atom. The molecule has 0 bridgehead atoms. The van der Waals surface area contributed by atoms with Gasteiger partial charge < -0.3 is 13.9 Å². The number of carbonyl (C=O) groups is 2. The third-order valence-corrected chi connectivity index (χ3v) is 4.88. The van der Waals surface area contributed by atoms with E-state index in [2.05, 4.69) is 0 Å². The summed E-state index contributed by atoms with van der Waals surface area (Å²) in [7, 11) is 0. The maximum absolute atomic E-state index is 12.9. The molecule has 0 N–H and O–H groups in total. The molecule has 7 heteroatoms. The number of hydrogen-bond donors (Lipinski definition) is 0. The van der Waals surface area contributed by atoms with E-state index in [1.165, 1.54) is 11.0 Å². The summed E-state index contributed by atoms with van der Waals surface area (Å²) in [4.78, 5) is 38.4. The van der Waals surface area contributed by atoms with Crippen LogP contribution in [0.15, 0.2) is 27.4 Å². The molecule has 1 atom stereocenters. The molecular weight excluding hydrogens is 374 g/mol. The fraction of sp³-hybridized carbons (Fsp3) is 0.500. The van der Waals surface area contributed by atoms with Crippen LogP contribution in [-0.2, 0) is 16.0 Å². The summed E-state index contributed by atoms with van der Waals surface area (Å²) in [6.07, 6.45) is 1.33. The Bertz CT molecular complexity index is 1000. The number of esters is 1. The molecular formula is C22H27NO6. The second kappa shape index (κ2) is 7.89. The predicted molar refractivity (Wildman–Crippen MR) is 108 cm³/mol. The van der Waals surface area contributed by atoms with Crippen molar-refractivity contribution in [3.8, 4) is 5.75 Å². The molecule has 1 fully saturated rings. The molecule has 0 spiro atoms. The average molecular weight is 401 g/mol. The Labute approximate surface area is 169 Å². The van der Waals surface area contributed by atoms with Gasteiger partial charge in [0.25, 0.3) is 0 Å². The van der Waals surface area contributed by atoms with E-state index in [9.17, 15) is 14.4 Å². The number of fused-ring (bicyclic) bond motifs is 1. The topological polar surface area (TPSA) is 86.0 Å². The van der Waals surface area contributed by atoms with Gasteiger partial charge in [-0.25, -0.2) is 14.4 Å². The van der Waals surface area contributed by atoms with Crippen molar-refractivity contribution in [2.45, 2.75) is 65.5 Å². The van der Waals surface area contributed by atoms with E-state index < -0.39 is 29.3 Å². The van der Waals surface area contributed by atoms with Crippen LogP contribution in [0.2, 0.25) is 0 Å². The van der Waals surface area contributed by atoms with Crippen LogP contribution in [-0.4, -0.2) is 35.2 Å². The van der Waals surface area contributed by atoms with E-state index in [4.69, 9.17) is 13.9 Å². The first kappa shape index (κ1) is 20.9. The van der Waals surface area contributed by atoms with Crippen LogP contribution in [0.1, 0.15) is 51.7 Å². The zero-order chi connectivity index (χ0) is 21.3. The summed E-state index contributed by atoms with van der Waals surface area (Å²) in [6.45, 7) is 9.59. The number of benzene rings is 1. The van der Waals surface area contributed by atoms with Crippen molar-refractivity contribution in [1.82, 2.24) is 4.90 Å². The molecule has 0 unspecified atom stereocenters. The van der Waals surface area contributed by atoms with Crippen molar-refractivity contribution in [3.63, 3.8) is 0 Å². The maximum Gasteiger partial charge on any atom is 0.411 e. The number of ether oxygens (including phenoxy) is 2. The SMILES string of the molecule is CCc1cc2c(C)cc(=O)oc2cc1OC(=O)[C@@H]1CCCN1C(=O)OC(C)(C)C. The van der Waals surface area contributed by atoms with Gasteiger partial charge in [-0.3, -0.25) is 4.90 Å². The molecule has 1 saturated heterocycles. The third kappa shape index (κ3) is 4.60. The second-order valence-corrected chi connectivity index (χ2v) is 8.31. The monoisotopic (exact) mass is 401 g/mol. The van der Waals surface area contributed by atoms with Gasteiger partial charge in [0.1, 0.15) is 23.0 Å². The van der Waals surface area contributed by atoms with Crippen LogP contribution >= 0.6 is 0 Å². The van der Waals surface area contributed by atoms with Crippen LogP contribution in [0, 0.1) is 6.92 Å². The Kier molecular flexibility index (Phi) is 5.68. The van der Waals surface area contributed by atoms with Gasteiger partial charge in [0, 0.05) is 24.1 Å². The first-order valence-corrected chi connectivity index (χ1v) is 9.87. The van der Waals surface area contributed by atoms with Gasteiger partial charge in [0.2, 0.25) is 0 Å². The van der Waals surface area contributed by atoms with Crippen LogP contribution < -0.4 is 10.4 Å². The molecule has 2 heterocycles. The van der Waals surface area contributed by atoms with Gasteiger partial charge in [-0.1, -0.05) is 6.92 Å². The highest BCUT2D eigenvalue weighted by Crippen LogP contribution is 2.29. The van der Waals surface area contributed by atoms with Gasteiger partial charge in [-0.05, 0) is 64.2 Å². The fourth-order valence-corrected chi connectivity index (χ4v) is 3.49. The van der Waals surface area contributed by atoms with Crippen LogP contribution in [0.3, 0.4) is 0 Å². The standard InChI is InChI=1S/C22H27NO6/c1-6-14-11-15-13(2)10-19(24)27-18(15)12-17(14)28-20(25)16-8-7-9-23(16)21(26)29-22(3,4)5/h10-12,16H,6-9H2,1-5H3/t16-/m0/s1. The van der Waals surface area contributed by atoms with Gasteiger partial charge in [0.15, 0.2) is 0 Å². The molecule has 3 rings (SSSR count). The number of amides is 1. The second-order valence-electron chi connectivity index (χ2n) is 8.31. The normalized spacial score (nSPS) is 16.9. The van der Waals surface area contributed by atoms with Gasteiger partial charge in [-0.2, -0.15) is 0 Å². The van der Waals surface area contributed by atoms with Gasteiger partial charge in [-0.15, -0.1) is 0 Å². The lowest BCUT2D eigenvalue weighted by Crippen LogP contribution is -2.44. The summed E-state index contributed by atoms with van der Waals surface area (Å²) >= 11 is 0. The Morgan fingerprint density at radius 3 is 2.62 bits per heavy atom. The Morgan fingerprint density at radius 2 is 1.97 bits per heavy atom. The van der Waals surface area contributed by atoms with Crippen molar-refractivity contribution >= 4 is 23.0 Å². The molecule has 0 aliphatic carbocycles. The Balaban J connectivity index is 1.87. The van der Waals surface area contributed by atoms with E-state index in [0.717, 1.165) is 16.5 Å². The van der Waals surface area contributed by atoms with Crippen LogP contribution in [0.4, 0.5) is 4.79 Å². The van der Waals surface area contributed by atoms with Crippen molar-refractivity contribution in [2.24, 2.45) is 0 Å². The number of likely N-dealkylation sites (tertiary alicyclic amines) is 1. The van der Waals surface area contributed by atoms with Crippen molar-refractivity contribution in [3.05, 3.63) is 39.7 Å². The molecule has 0 radical (unpaired) electrons. The summed E-state index contributed by atoms with van der Waals surface area (Å²) in [5.74, 6) is -0.174. The van der Waals surface area contributed by atoms with Crippen LogP contribution in [0.25, 0.3) is 11.0 Å². The van der Waals surface area contributed by atoms with Gasteiger partial charge in [0.05, 0.1) is 0 Å². The lowest BCUT2D eigenvalue weighted by molar-refractivity contribution is -0.139. The molecule has 2 aromatic rings. The minimum Gasteiger partial charge on any atom is -0.444 e. The number of nitrogens with zero attached hydrogens (tertiary/aromatic N) is 1. The summed E-state index contributed by atoms with van der Waals surface area (Å²) in [6, 6.07) is 4.18. The molecule has 0 saturated carbocycles. The predicted octanol–water partition coefficient (Wildman–Crippen LogP) is 3.97. The van der Waals surface area contributed by atoms with E-state index >= 15 is 0 Å². The van der Waals surface area contributed by atoms with E-state index in [1.54, 1.807) is 26.8 Å². The summed E-state index contributed by atoms with van der Waals surface area (Å²) < 4.78 is 16.4. The largest absolute Gasteiger partial charge is 0.444 e. The zero-order valence-corrected chi connectivity index (χ0v) is 17.5. The first-order valence-electron chi connectivity index (χ1n) is 9.87. The highest BCUT2D eigenvalue weighted by Gasteiger charge is 2.38. The maximum atomic E-state index is 12.9. The molecule has 1 aromatic carbocycles. The lowest BCUT2D eigenvalue weighted by atomic mass is 10.1. The Hall–Kier alpha value is -2.83. The summed E-state index contributed by atoms with van der Waals surface area (Å²) in [5.41, 5.74) is 0.895. The average Bonchev–Trinajstić information content (AvgIpc) is 3.09. The molecule has 7 nitrogen and oxygen atoms in total. The molecule has 1 aliphatic rings. The quantitative estimate of drug-likeness (QED) is 0.439. The summed E-state index contributed by atoms with van der Waals surface area (Å²) in [5, 5.41) is 0.803. The number of rotatable bonds is 3. The molecule has 1 amide bonds. The van der Waals surface area contributed by atoms with Crippen LogP contribution in [0.5, 0.6) is 5.75 Å². The number of hydrogen-bond acceptors (Lipinski definition) is 6. The van der Waals surface area contributed by atoms with E-state index in [1.807, 2.05) is 19.9 Å². The van der Waals surface area contributed by atoms with E-state index in [0.29, 0.717) is 37.1 Å². The highest BCUT2D eigenvalue weighted by atomic mass is 16.6. The minimum absolute atomic E-state index is 0.342. The molecule has 1 aliphatic heterocycles. The third-order valence-electron chi connectivity index (χ3n) is 4.88. The van der Waals surface area contributed by atoms with Crippen molar-refractivity contribution < 1.29 is 23.5 Å². The van der Waals surface area contributed by atoms with E-state index in [-0.39, 0.29) is 0 Å². The molecule has 29 heavy (non-hydrogen) atoms. The van der Waals surface area contributed by atoms with Crippen molar-refractivity contribution in [2.75, 3.05) is 6.54 Å². The molecule has 1 aromatic heterocycles. The lowest BCUT2D eigenvalue weighted by Gasteiger charge is -2.27. The number of carbonyl (C=O) groups excluding carboxylic acids is 2. The first-order chi connectivity index (χ1) is 13.6. The van der Waals surface area contributed by atoms with Crippen molar-refractivity contribution in [1.29, 1.82) is 0 Å². The smallest absolute Gasteiger partial charge is 0.411 e. The number of aryl methyl sites for hydroxylation is 2. The van der Waals surface area contributed by atoms with Gasteiger partial charge >= 0.3 is 17.7 Å². The zero-order valence-electron chi connectivity index (χ0n) is 17.5. The minimum atomic E-state index is -0.699.